The summed E-state index contributed by atoms with van der Waals surface area (Å²) in [6.45, 7) is 5.27. The molecule has 0 saturated heterocycles. The van der Waals surface area contributed by atoms with Crippen LogP contribution in [0.1, 0.15) is 41.5 Å². The van der Waals surface area contributed by atoms with Crippen LogP contribution in [0.25, 0.3) is 0 Å². The van der Waals surface area contributed by atoms with E-state index in [4.69, 9.17) is 4.74 Å². The summed E-state index contributed by atoms with van der Waals surface area (Å²) < 4.78 is 5.67. The molecule has 0 heterocycles. The van der Waals surface area contributed by atoms with Gasteiger partial charge in [-0.15, -0.1) is 0 Å². The SMILES string of the molecule is CC(C)(C)C(=O)Nc1ccc(C(=O)COc2ccccc2C(=O)Nc2ccccc2)cc1. The van der Waals surface area contributed by atoms with E-state index >= 15 is 0 Å². The first-order valence-electron chi connectivity index (χ1n) is 10.3. The second-order valence-electron chi connectivity index (χ2n) is 8.31. The molecule has 3 aromatic rings. The van der Waals surface area contributed by atoms with E-state index in [9.17, 15) is 14.4 Å². The van der Waals surface area contributed by atoms with Crippen molar-refractivity contribution < 1.29 is 19.1 Å². The van der Waals surface area contributed by atoms with Crippen molar-refractivity contribution in [3.8, 4) is 5.75 Å². The van der Waals surface area contributed by atoms with Gasteiger partial charge in [0.1, 0.15) is 5.75 Å². The number of ether oxygens (including phenoxy) is 1. The van der Waals surface area contributed by atoms with Gasteiger partial charge >= 0.3 is 0 Å². The molecule has 3 aromatic carbocycles. The number of ketones is 1. The van der Waals surface area contributed by atoms with Gasteiger partial charge in [0.25, 0.3) is 5.91 Å². The monoisotopic (exact) mass is 430 g/mol. The summed E-state index contributed by atoms with van der Waals surface area (Å²) in [5.41, 5.74) is 1.56. The van der Waals surface area contributed by atoms with E-state index in [1.54, 1.807) is 60.7 Å². The fourth-order valence-corrected chi connectivity index (χ4v) is 2.78. The van der Waals surface area contributed by atoms with Crippen LogP contribution in [0.15, 0.2) is 78.9 Å². The molecule has 164 valence electrons. The van der Waals surface area contributed by atoms with Gasteiger partial charge in [-0.3, -0.25) is 14.4 Å². The summed E-state index contributed by atoms with van der Waals surface area (Å²) in [5, 5.41) is 5.63. The summed E-state index contributed by atoms with van der Waals surface area (Å²) >= 11 is 0. The Morgan fingerprint density at radius 1 is 0.750 bits per heavy atom. The van der Waals surface area contributed by atoms with Crippen LogP contribution in [0.3, 0.4) is 0 Å². The van der Waals surface area contributed by atoms with E-state index in [1.165, 1.54) is 0 Å². The minimum Gasteiger partial charge on any atom is -0.485 e. The van der Waals surface area contributed by atoms with Gasteiger partial charge in [0.2, 0.25) is 5.91 Å². The Morgan fingerprint density at radius 3 is 2.00 bits per heavy atom. The minimum absolute atomic E-state index is 0.106. The molecule has 32 heavy (non-hydrogen) atoms. The van der Waals surface area contributed by atoms with Crippen LogP contribution < -0.4 is 15.4 Å². The fourth-order valence-electron chi connectivity index (χ4n) is 2.78. The van der Waals surface area contributed by atoms with Gasteiger partial charge in [-0.25, -0.2) is 0 Å². The highest BCUT2D eigenvalue weighted by Gasteiger charge is 2.21. The Morgan fingerprint density at radius 2 is 1.34 bits per heavy atom. The number of carbonyl (C=O) groups is 3. The molecule has 2 amide bonds. The second-order valence-corrected chi connectivity index (χ2v) is 8.31. The molecule has 0 bridgehead atoms. The van der Waals surface area contributed by atoms with Gasteiger partial charge in [0.05, 0.1) is 5.56 Å². The Kier molecular flexibility index (Phi) is 7.05. The van der Waals surface area contributed by atoms with Crippen LogP contribution in [0.4, 0.5) is 11.4 Å². The summed E-state index contributed by atoms with van der Waals surface area (Å²) in [5.74, 6) is -0.344. The summed E-state index contributed by atoms with van der Waals surface area (Å²) in [4.78, 5) is 37.3. The third-order valence-electron chi connectivity index (χ3n) is 4.67. The molecule has 3 rings (SSSR count). The third kappa shape index (κ3) is 6.04. The van der Waals surface area contributed by atoms with E-state index in [0.29, 0.717) is 28.3 Å². The maximum absolute atomic E-state index is 12.6. The standard InChI is InChI=1S/C26H26N2O4/c1-26(2,3)25(31)28-20-15-13-18(14-16-20)22(29)17-32-23-12-8-7-11-21(23)24(30)27-19-9-5-4-6-10-19/h4-16H,17H2,1-3H3,(H,27,30)(H,28,31). The highest BCUT2D eigenvalue weighted by molar-refractivity contribution is 6.06. The smallest absolute Gasteiger partial charge is 0.259 e. The van der Waals surface area contributed by atoms with E-state index in [1.807, 2.05) is 39.0 Å². The zero-order valence-electron chi connectivity index (χ0n) is 18.3. The van der Waals surface area contributed by atoms with E-state index in [2.05, 4.69) is 10.6 Å². The molecule has 0 fully saturated rings. The molecule has 0 aliphatic heterocycles. The summed E-state index contributed by atoms with van der Waals surface area (Å²) in [6.07, 6.45) is 0. The van der Waals surface area contributed by atoms with Crippen molar-refractivity contribution in [3.63, 3.8) is 0 Å². The third-order valence-corrected chi connectivity index (χ3v) is 4.67. The molecular weight excluding hydrogens is 404 g/mol. The maximum atomic E-state index is 12.6. The lowest BCUT2D eigenvalue weighted by Crippen LogP contribution is -2.27. The number of para-hydroxylation sites is 2. The molecule has 2 N–H and O–H groups in total. The number of rotatable bonds is 7. The Labute approximate surface area is 187 Å². The quantitative estimate of drug-likeness (QED) is 0.506. The van der Waals surface area contributed by atoms with Gasteiger partial charge in [-0.05, 0) is 48.5 Å². The number of Topliss-reactive ketones (excluding diaryl/α,β-unsaturated/α-hetero) is 1. The van der Waals surface area contributed by atoms with Crippen LogP contribution in [-0.4, -0.2) is 24.2 Å². The van der Waals surface area contributed by atoms with Crippen LogP contribution in [0.2, 0.25) is 0 Å². The van der Waals surface area contributed by atoms with Crippen molar-refractivity contribution in [3.05, 3.63) is 90.0 Å². The molecule has 0 radical (unpaired) electrons. The molecular formula is C26H26N2O4. The van der Waals surface area contributed by atoms with Gasteiger partial charge in [0.15, 0.2) is 12.4 Å². The predicted molar refractivity (Wildman–Crippen MR) is 125 cm³/mol. The van der Waals surface area contributed by atoms with Crippen molar-refractivity contribution in [2.75, 3.05) is 17.2 Å². The number of hydrogen-bond donors (Lipinski definition) is 2. The van der Waals surface area contributed by atoms with Crippen LogP contribution >= 0.6 is 0 Å². The van der Waals surface area contributed by atoms with E-state index in [-0.39, 0.29) is 24.2 Å². The lowest BCUT2D eigenvalue weighted by atomic mass is 9.95. The molecule has 0 saturated carbocycles. The van der Waals surface area contributed by atoms with E-state index in [0.717, 1.165) is 0 Å². The van der Waals surface area contributed by atoms with Gasteiger partial charge in [-0.1, -0.05) is 51.1 Å². The second kappa shape index (κ2) is 9.92. The average molecular weight is 431 g/mol. The Balaban J connectivity index is 1.63. The first kappa shape index (κ1) is 22.7. The van der Waals surface area contributed by atoms with Crippen LogP contribution in [0.5, 0.6) is 5.75 Å². The number of anilines is 2. The van der Waals surface area contributed by atoms with Crippen LogP contribution in [0, 0.1) is 5.41 Å². The topological polar surface area (TPSA) is 84.5 Å². The first-order valence-corrected chi connectivity index (χ1v) is 10.3. The van der Waals surface area contributed by atoms with Crippen molar-refractivity contribution in [1.82, 2.24) is 0 Å². The average Bonchev–Trinajstić information content (AvgIpc) is 2.78. The largest absolute Gasteiger partial charge is 0.485 e. The zero-order valence-corrected chi connectivity index (χ0v) is 18.3. The molecule has 0 unspecified atom stereocenters. The number of carbonyl (C=O) groups excluding carboxylic acids is 3. The number of amides is 2. The molecule has 0 spiro atoms. The van der Waals surface area contributed by atoms with Gasteiger partial charge in [-0.2, -0.15) is 0 Å². The van der Waals surface area contributed by atoms with Crippen molar-refractivity contribution >= 4 is 29.0 Å². The Bertz CT molecular complexity index is 1100. The number of benzene rings is 3. The summed E-state index contributed by atoms with van der Waals surface area (Å²) in [6, 6.07) is 22.5. The van der Waals surface area contributed by atoms with Gasteiger partial charge < -0.3 is 15.4 Å². The molecule has 0 aromatic heterocycles. The van der Waals surface area contributed by atoms with Crippen LogP contribution in [-0.2, 0) is 4.79 Å². The molecule has 0 aliphatic rings. The van der Waals surface area contributed by atoms with Crippen molar-refractivity contribution in [1.29, 1.82) is 0 Å². The minimum atomic E-state index is -0.511. The summed E-state index contributed by atoms with van der Waals surface area (Å²) in [7, 11) is 0. The lowest BCUT2D eigenvalue weighted by Gasteiger charge is -2.17. The zero-order chi connectivity index (χ0) is 23.1. The van der Waals surface area contributed by atoms with Crippen molar-refractivity contribution in [2.45, 2.75) is 20.8 Å². The molecule has 6 heteroatoms. The molecule has 0 aliphatic carbocycles. The highest BCUT2D eigenvalue weighted by Crippen LogP contribution is 2.21. The maximum Gasteiger partial charge on any atom is 0.259 e. The van der Waals surface area contributed by atoms with Gasteiger partial charge in [0, 0.05) is 22.4 Å². The Hall–Kier alpha value is -3.93. The highest BCUT2D eigenvalue weighted by atomic mass is 16.5. The number of hydrogen-bond acceptors (Lipinski definition) is 4. The van der Waals surface area contributed by atoms with Crippen molar-refractivity contribution in [2.24, 2.45) is 5.41 Å². The molecule has 6 nitrogen and oxygen atoms in total. The number of nitrogens with one attached hydrogen (secondary N) is 2. The lowest BCUT2D eigenvalue weighted by molar-refractivity contribution is -0.123. The predicted octanol–water partition coefficient (Wildman–Crippen LogP) is 5.19. The normalized spacial score (nSPS) is 10.8. The van der Waals surface area contributed by atoms with E-state index < -0.39 is 5.41 Å². The molecule has 0 atom stereocenters. The fraction of sp³-hybridized carbons (Fsp3) is 0.192. The first-order chi connectivity index (χ1) is 15.2.